The Bertz CT molecular complexity index is 549. The maximum absolute atomic E-state index is 5.97. The summed E-state index contributed by atoms with van der Waals surface area (Å²) < 4.78 is 11.1. The fourth-order valence-corrected chi connectivity index (χ4v) is 2.19. The van der Waals surface area contributed by atoms with Gasteiger partial charge in [0.2, 0.25) is 5.76 Å². The van der Waals surface area contributed by atoms with Crippen molar-refractivity contribution in [2.45, 2.75) is 26.0 Å². The number of rotatable bonds is 4. The summed E-state index contributed by atoms with van der Waals surface area (Å²) in [6.07, 6.45) is 5.65. The summed E-state index contributed by atoms with van der Waals surface area (Å²) in [6.45, 7) is 2.15. The van der Waals surface area contributed by atoms with Crippen LogP contribution in [-0.2, 0) is 4.74 Å². The number of ether oxygens (including phenoxy) is 1. The molecule has 2 heterocycles. The van der Waals surface area contributed by atoms with E-state index in [1.165, 1.54) is 0 Å². The molecule has 2 aromatic rings. The van der Waals surface area contributed by atoms with Crippen LogP contribution in [0, 0.1) is 0 Å². The Morgan fingerprint density at radius 3 is 2.74 bits per heavy atom. The highest BCUT2D eigenvalue weighted by atomic mass is 16.5. The third-order valence-electron chi connectivity index (χ3n) is 3.10. The Morgan fingerprint density at radius 1 is 1.21 bits per heavy atom. The Kier molecular flexibility index (Phi) is 3.23. The number of para-hydroxylation sites is 1. The van der Waals surface area contributed by atoms with Crippen molar-refractivity contribution in [1.82, 2.24) is 5.16 Å². The van der Waals surface area contributed by atoms with Gasteiger partial charge in [0.25, 0.3) is 0 Å². The number of hydrogen-bond acceptors (Lipinski definition) is 4. The Morgan fingerprint density at radius 2 is 2.05 bits per heavy atom. The first-order valence-corrected chi connectivity index (χ1v) is 6.51. The molecule has 1 unspecified atom stereocenters. The van der Waals surface area contributed by atoms with Crippen molar-refractivity contribution in [2.24, 2.45) is 0 Å². The molecule has 19 heavy (non-hydrogen) atoms. The Balaban J connectivity index is 1.90. The van der Waals surface area contributed by atoms with Crippen molar-refractivity contribution in [3.63, 3.8) is 0 Å². The number of benzene rings is 1. The van der Waals surface area contributed by atoms with E-state index in [4.69, 9.17) is 9.26 Å². The highest BCUT2D eigenvalue weighted by Gasteiger charge is 2.28. The topological polar surface area (TPSA) is 38.5 Å². The van der Waals surface area contributed by atoms with Gasteiger partial charge in [-0.05, 0) is 12.1 Å². The summed E-state index contributed by atoms with van der Waals surface area (Å²) in [6, 6.07) is 12.0. The lowest BCUT2D eigenvalue weighted by atomic mass is 10.2. The van der Waals surface area contributed by atoms with Crippen molar-refractivity contribution < 1.29 is 9.26 Å². The van der Waals surface area contributed by atoms with Crippen LogP contribution in [0.25, 0.3) is 5.76 Å². The van der Waals surface area contributed by atoms with Crippen LogP contribution in [0.1, 0.15) is 25.5 Å². The summed E-state index contributed by atoms with van der Waals surface area (Å²) in [7, 11) is 0. The van der Waals surface area contributed by atoms with Crippen LogP contribution >= 0.6 is 0 Å². The quantitative estimate of drug-likeness (QED) is 0.837. The summed E-state index contributed by atoms with van der Waals surface area (Å²) in [5.74, 6) is 1.40. The first-order chi connectivity index (χ1) is 9.38. The zero-order valence-corrected chi connectivity index (χ0v) is 10.8. The van der Waals surface area contributed by atoms with Gasteiger partial charge in [-0.1, -0.05) is 36.7 Å². The molecule has 4 nitrogen and oxygen atoms in total. The van der Waals surface area contributed by atoms with E-state index in [-0.39, 0.29) is 6.23 Å². The van der Waals surface area contributed by atoms with E-state index >= 15 is 0 Å². The summed E-state index contributed by atoms with van der Waals surface area (Å²) >= 11 is 0. The normalized spacial score (nSPS) is 18.3. The van der Waals surface area contributed by atoms with E-state index < -0.39 is 0 Å². The van der Waals surface area contributed by atoms with Crippen LogP contribution < -0.4 is 4.90 Å². The van der Waals surface area contributed by atoms with E-state index in [2.05, 4.69) is 29.1 Å². The fourth-order valence-electron chi connectivity index (χ4n) is 2.19. The van der Waals surface area contributed by atoms with Gasteiger partial charge in [-0.3, -0.25) is 0 Å². The van der Waals surface area contributed by atoms with Crippen LogP contribution in [0.3, 0.4) is 0 Å². The van der Waals surface area contributed by atoms with Crippen LogP contribution in [0.5, 0.6) is 0 Å². The molecule has 0 aliphatic carbocycles. The maximum atomic E-state index is 5.97. The lowest BCUT2D eigenvalue weighted by Crippen LogP contribution is -2.27. The second-order valence-corrected chi connectivity index (χ2v) is 4.47. The lowest BCUT2D eigenvalue weighted by molar-refractivity contribution is 0.174. The van der Waals surface area contributed by atoms with Crippen LogP contribution in [-0.4, -0.2) is 11.4 Å². The number of aromatic nitrogens is 1. The maximum Gasteiger partial charge on any atom is 0.203 e. The molecule has 0 radical (unpaired) electrons. The first-order valence-electron chi connectivity index (χ1n) is 6.51. The van der Waals surface area contributed by atoms with Crippen LogP contribution in [0.4, 0.5) is 5.69 Å². The van der Waals surface area contributed by atoms with Gasteiger partial charge in [-0.15, -0.1) is 0 Å². The van der Waals surface area contributed by atoms with Gasteiger partial charge in [0.05, 0.1) is 12.4 Å². The molecule has 0 bridgehead atoms. The van der Waals surface area contributed by atoms with Gasteiger partial charge in [-0.25, -0.2) is 0 Å². The minimum absolute atomic E-state index is 0.0208. The Labute approximate surface area is 112 Å². The summed E-state index contributed by atoms with van der Waals surface area (Å²) in [4.78, 5) is 2.14. The smallest absolute Gasteiger partial charge is 0.203 e. The van der Waals surface area contributed by atoms with Crippen LogP contribution in [0.2, 0.25) is 0 Å². The van der Waals surface area contributed by atoms with E-state index in [9.17, 15) is 0 Å². The number of hydrogen-bond donors (Lipinski definition) is 0. The molecule has 1 aliphatic rings. The minimum atomic E-state index is 0.0208. The van der Waals surface area contributed by atoms with E-state index in [0.29, 0.717) is 5.76 Å². The monoisotopic (exact) mass is 256 g/mol. The Hall–Kier alpha value is -2.23. The molecule has 1 aromatic heterocycles. The van der Waals surface area contributed by atoms with Gasteiger partial charge < -0.3 is 14.2 Å². The first kappa shape index (κ1) is 11.8. The molecule has 0 saturated carbocycles. The second kappa shape index (κ2) is 5.18. The summed E-state index contributed by atoms with van der Waals surface area (Å²) in [5.41, 5.74) is 1.12. The van der Waals surface area contributed by atoms with Crippen molar-refractivity contribution in [3.05, 3.63) is 54.6 Å². The van der Waals surface area contributed by atoms with Gasteiger partial charge in [-0.2, -0.15) is 0 Å². The average molecular weight is 256 g/mol. The highest BCUT2D eigenvalue weighted by Crippen LogP contribution is 2.32. The molecule has 0 fully saturated rings. The highest BCUT2D eigenvalue weighted by molar-refractivity contribution is 5.64. The van der Waals surface area contributed by atoms with E-state index in [1.807, 2.05) is 30.5 Å². The molecule has 3 rings (SSSR count). The predicted molar refractivity (Wildman–Crippen MR) is 73.2 cm³/mol. The average Bonchev–Trinajstić information content (AvgIpc) is 3.08. The van der Waals surface area contributed by atoms with Gasteiger partial charge in [0.1, 0.15) is 0 Å². The number of anilines is 1. The van der Waals surface area contributed by atoms with Crippen LogP contribution in [0.15, 0.2) is 53.3 Å². The fraction of sp³-hybridized carbons (Fsp3) is 0.267. The zero-order valence-electron chi connectivity index (χ0n) is 10.8. The van der Waals surface area contributed by atoms with E-state index in [1.54, 1.807) is 6.20 Å². The molecule has 98 valence electrons. The third kappa shape index (κ3) is 2.34. The molecule has 1 aliphatic heterocycles. The van der Waals surface area contributed by atoms with Crippen molar-refractivity contribution in [2.75, 3.05) is 4.90 Å². The largest absolute Gasteiger partial charge is 0.465 e. The predicted octanol–water partition coefficient (Wildman–Crippen LogP) is 3.64. The molecule has 0 saturated heterocycles. The van der Waals surface area contributed by atoms with Gasteiger partial charge in [0, 0.05) is 18.2 Å². The molecule has 1 atom stereocenters. The standard InChI is InChI=1S/C15H16N2O2/c1-2-6-15-17(12-7-4-3-5-8-12)11-14(18-15)13-9-10-16-19-13/h3-5,7-11,15H,2,6H2,1H3. The SMILES string of the molecule is CCCC1OC(c2ccno2)=CN1c1ccccc1. The van der Waals surface area contributed by atoms with Gasteiger partial charge in [0.15, 0.2) is 12.0 Å². The minimum Gasteiger partial charge on any atom is -0.465 e. The molecule has 4 heteroatoms. The van der Waals surface area contributed by atoms with Crippen molar-refractivity contribution in [3.8, 4) is 0 Å². The molecular weight excluding hydrogens is 240 g/mol. The zero-order chi connectivity index (χ0) is 13.1. The van der Waals surface area contributed by atoms with Gasteiger partial charge >= 0.3 is 0 Å². The molecule has 0 N–H and O–H groups in total. The van der Waals surface area contributed by atoms with Crippen molar-refractivity contribution >= 4 is 11.4 Å². The number of nitrogens with zero attached hydrogens (tertiary/aromatic N) is 2. The van der Waals surface area contributed by atoms with Crippen molar-refractivity contribution in [1.29, 1.82) is 0 Å². The molecular formula is C15H16N2O2. The third-order valence-corrected chi connectivity index (χ3v) is 3.10. The molecule has 1 aromatic carbocycles. The second-order valence-electron chi connectivity index (χ2n) is 4.47. The molecule has 0 amide bonds. The lowest BCUT2D eigenvalue weighted by Gasteiger charge is -2.23. The summed E-state index contributed by atoms with van der Waals surface area (Å²) in [5, 5.41) is 3.72. The van der Waals surface area contributed by atoms with E-state index in [0.717, 1.165) is 24.3 Å². The molecule has 0 spiro atoms.